The highest BCUT2D eigenvalue weighted by molar-refractivity contribution is 5.87. The topological polar surface area (TPSA) is 74.6 Å². The molecule has 0 heterocycles. The Kier molecular flexibility index (Phi) is 9.67. The molecule has 26 heavy (non-hydrogen) atoms. The van der Waals surface area contributed by atoms with Crippen molar-refractivity contribution in [2.45, 2.75) is 111 Å². The molecule has 1 aliphatic rings. The van der Waals surface area contributed by atoms with Crippen LogP contribution in [0.4, 0.5) is 0 Å². The van der Waals surface area contributed by atoms with Crippen molar-refractivity contribution in [3.8, 4) is 0 Å². The summed E-state index contributed by atoms with van der Waals surface area (Å²) in [4.78, 5) is 24.2. The predicted molar refractivity (Wildman–Crippen MR) is 105 cm³/mol. The summed E-state index contributed by atoms with van der Waals surface area (Å²) in [5, 5.41) is 19.9. The summed E-state index contributed by atoms with van der Waals surface area (Å²) in [5.74, 6) is -1.02. The van der Waals surface area contributed by atoms with Gasteiger partial charge in [-0.05, 0) is 31.6 Å². The fourth-order valence-electron chi connectivity index (χ4n) is 4.96. The SMILES string of the molecule is CCC1(C(=O)O)CCCCC1(CCCCCCCCCC(C)C)C(=O)O. The first kappa shape index (κ1) is 23.0. The number of hydrogen-bond donors (Lipinski definition) is 2. The van der Waals surface area contributed by atoms with Crippen molar-refractivity contribution in [1.82, 2.24) is 0 Å². The zero-order valence-electron chi connectivity index (χ0n) is 17.2. The number of carboxylic acids is 2. The van der Waals surface area contributed by atoms with Gasteiger partial charge in [-0.15, -0.1) is 0 Å². The normalized spacial score (nSPS) is 26.2. The molecule has 2 N–H and O–H groups in total. The zero-order chi connectivity index (χ0) is 19.6. The molecular formula is C22H40O4. The van der Waals surface area contributed by atoms with Gasteiger partial charge in [-0.25, -0.2) is 0 Å². The van der Waals surface area contributed by atoms with Gasteiger partial charge in [0.25, 0.3) is 0 Å². The molecule has 0 saturated heterocycles. The standard InChI is InChI=1S/C22H40O4/c1-4-21(19(23)24)15-12-13-17-22(21,20(25)26)16-11-9-7-5-6-8-10-14-18(2)3/h18H,4-17H2,1-3H3,(H,23,24)(H,25,26). The first-order chi connectivity index (χ1) is 12.3. The van der Waals surface area contributed by atoms with Gasteiger partial charge in [0.2, 0.25) is 0 Å². The fourth-order valence-corrected chi connectivity index (χ4v) is 4.96. The van der Waals surface area contributed by atoms with Crippen molar-refractivity contribution in [1.29, 1.82) is 0 Å². The lowest BCUT2D eigenvalue weighted by Gasteiger charge is -2.48. The van der Waals surface area contributed by atoms with Crippen LogP contribution in [0.1, 0.15) is 111 Å². The molecule has 1 rings (SSSR count). The summed E-state index contributed by atoms with van der Waals surface area (Å²) in [6, 6.07) is 0. The molecule has 0 radical (unpaired) electrons. The predicted octanol–water partition coefficient (Wildman–Crippen LogP) is 6.28. The zero-order valence-corrected chi connectivity index (χ0v) is 17.2. The minimum absolute atomic E-state index is 0.407. The fraction of sp³-hybridized carbons (Fsp3) is 0.909. The average Bonchev–Trinajstić information content (AvgIpc) is 2.59. The van der Waals surface area contributed by atoms with Crippen LogP contribution in [0.15, 0.2) is 0 Å². The van der Waals surface area contributed by atoms with Gasteiger partial charge in [-0.3, -0.25) is 9.59 Å². The third-order valence-corrected chi connectivity index (χ3v) is 6.68. The molecule has 1 saturated carbocycles. The lowest BCUT2D eigenvalue weighted by atomic mass is 9.53. The molecule has 1 aliphatic carbocycles. The second-order valence-electron chi connectivity index (χ2n) is 8.74. The van der Waals surface area contributed by atoms with E-state index >= 15 is 0 Å². The van der Waals surface area contributed by atoms with Crippen LogP contribution < -0.4 is 0 Å². The molecule has 0 aliphatic heterocycles. The van der Waals surface area contributed by atoms with Crippen LogP contribution in [0.2, 0.25) is 0 Å². The first-order valence-electron chi connectivity index (χ1n) is 10.8. The van der Waals surface area contributed by atoms with E-state index in [9.17, 15) is 19.8 Å². The molecule has 2 unspecified atom stereocenters. The Bertz CT molecular complexity index is 445. The van der Waals surface area contributed by atoms with Gasteiger partial charge < -0.3 is 10.2 Å². The van der Waals surface area contributed by atoms with Gasteiger partial charge in [0.05, 0.1) is 10.8 Å². The van der Waals surface area contributed by atoms with E-state index < -0.39 is 22.8 Å². The van der Waals surface area contributed by atoms with Crippen LogP contribution in [0.25, 0.3) is 0 Å². The summed E-state index contributed by atoms with van der Waals surface area (Å²) in [6.45, 7) is 6.36. The van der Waals surface area contributed by atoms with Crippen molar-refractivity contribution in [2.24, 2.45) is 16.7 Å². The Hall–Kier alpha value is -1.06. The third-order valence-electron chi connectivity index (χ3n) is 6.68. The maximum absolute atomic E-state index is 12.2. The van der Waals surface area contributed by atoms with Crippen molar-refractivity contribution in [2.75, 3.05) is 0 Å². The molecule has 152 valence electrons. The minimum atomic E-state index is -1.09. The summed E-state index contributed by atoms with van der Waals surface area (Å²) in [5.41, 5.74) is -2.17. The Labute approximate surface area is 159 Å². The largest absolute Gasteiger partial charge is 0.481 e. The highest BCUT2D eigenvalue weighted by atomic mass is 16.4. The average molecular weight is 369 g/mol. The van der Waals surface area contributed by atoms with Crippen LogP contribution in [-0.4, -0.2) is 22.2 Å². The van der Waals surface area contributed by atoms with Crippen LogP contribution in [0.3, 0.4) is 0 Å². The van der Waals surface area contributed by atoms with Gasteiger partial charge >= 0.3 is 11.9 Å². The van der Waals surface area contributed by atoms with Crippen LogP contribution >= 0.6 is 0 Å². The third kappa shape index (κ3) is 5.47. The lowest BCUT2D eigenvalue weighted by Crippen LogP contribution is -2.54. The molecule has 0 aromatic carbocycles. The Morgan fingerprint density at radius 1 is 0.808 bits per heavy atom. The smallest absolute Gasteiger partial charge is 0.310 e. The van der Waals surface area contributed by atoms with Crippen molar-refractivity contribution in [3.63, 3.8) is 0 Å². The van der Waals surface area contributed by atoms with E-state index in [1.807, 2.05) is 6.92 Å². The molecule has 0 aromatic rings. The molecule has 1 fully saturated rings. The monoisotopic (exact) mass is 368 g/mol. The van der Waals surface area contributed by atoms with Gasteiger partial charge in [-0.2, -0.15) is 0 Å². The highest BCUT2D eigenvalue weighted by Crippen LogP contribution is 2.56. The lowest BCUT2D eigenvalue weighted by molar-refractivity contribution is -0.181. The number of unbranched alkanes of at least 4 members (excludes halogenated alkanes) is 6. The molecule has 4 heteroatoms. The van der Waals surface area contributed by atoms with E-state index in [0.717, 1.165) is 38.0 Å². The maximum Gasteiger partial charge on any atom is 0.310 e. The number of carbonyl (C=O) groups is 2. The Balaban J connectivity index is 2.50. The summed E-state index contributed by atoms with van der Waals surface area (Å²) < 4.78 is 0. The Morgan fingerprint density at radius 3 is 1.73 bits per heavy atom. The second kappa shape index (κ2) is 10.9. The second-order valence-corrected chi connectivity index (χ2v) is 8.74. The van der Waals surface area contributed by atoms with E-state index in [2.05, 4.69) is 13.8 Å². The molecule has 0 amide bonds. The molecule has 4 nitrogen and oxygen atoms in total. The van der Waals surface area contributed by atoms with E-state index in [4.69, 9.17) is 0 Å². The van der Waals surface area contributed by atoms with Crippen LogP contribution in [0.5, 0.6) is 0 Å². The summed E-state index contributed by atoms with van der Waals surface area (Å²) >= 11 is 0. The summed E-state index contributed by atoms with van der Waals surface area (Å²) in [7, 11) is 0. The molecule has 0 aromatic heterocycles. The van der Waals surface area contributed by atoms with E-state index in [0.29, 0.717) is 25.7 Å². The van der Waals surface area contributed by atoms with Crippen molar-refractivity contribution >= 4 is 11.9 Å². The molecule has 0 bridgehead atoms. The molecule has 0 spiro atoms. The van der Waals surface area contributed by atoms with Crippen molar-refractivity contribution < 1.29 is 19.8 Å². The van der Waals surface area contributed by atoms with E-state index in [-0.39, 0.29) is 0 Å². The van der Waals surface area contributed by atoms with Gasteiger partial charge in [0.15, 0.2) is 0 Å². The number of hydrogen-bond acceptors (Lipinski definition) is 2. The number of aliphatic carboxylic acids is 2. The minimum Gasteiger partial charge on any atom is -0.481 e. The highest BCUT2D eigenvalue weighted by Gasteiger charge is 2.60. The first-order valence-corrected chi connectivity index (χ1v) is 10.8. The van der Waals surface area contributed by atoms with Gasteiger partial charge in [0, 0.05) is 0 Å². The van der Waals surface area contributed by atoms with Gasteiger partial charge in [0.1, 0.15) is 0 Å². The van der Waals surface area contributed by atoms with E-state index in [1.54, 1.807) is 0 Å². The number of rotatable bonds is 13. The van der Waals surface area contributed by atoms with Gasteiger partial charge in [-0.1, -0.05) is 85.0 Å². The number of carboxylic acid groups (broad SMARTS) is 2. The molecule has 2 atom stereocenters. The Morgan fingerprint density at radius 2 is 1.27 bits per heavy atom. The van der Waals surface area contributed by atoms with Crippen molar-refractivity contribution in [3.05, 3.63) is 0 Å². The quantitative estimate of drug-likeness (QED) is 0.375. The van der Waals surface area contributed by atoms with Crippen LogP contribution in [0, 0.1) is 16.7 Å². The molecular weight excluding hydrogens is 328 g/mol. The summed E-state index contributed by atoms with van der Waals surface area (Å²) in [6.07, 6.45) is 12.9. The van der Waals surface area contributed by atoms with Crippen LogP contribution in [-0.2, 0) is 9.59 Å². The maximum atomic E-state index is 12.2. The van der Waals surface area contributed by atoms with E-state index in [1.165, 1.54) is 32.1 Å².